The van der Waals surface area contributed by atoms with Gasteiger partial charge in [0.25, 0.3) is 0 Å². The summed E-state index contributed by atoms with van der Waals surface area (Å²) in [7, 11) is -0.135. The topological polar surface area (TPSA) is 91.8 Å². The van der Waals surface area contributed by atoms with Crippen molar-refractivity contribution in [1.82, 2.24) is 15.4 Å². The van der Waals surface area contributed by atoms with Gasteiger partial charge >= 0.3 is 0 Å². The summed E-state index contributed by atoms with van der Waals surface area (Å²) in [4.78, 5) is 4.61. The average Bonchev–Trinajstić information content (AvgIpc) is 3.14. The van der Waals surface area contributed by atoms with Gasteiger partial charge in [0.15, 0.2) is 5.96 Å². The fourth-order valence-electron chi connectivity index (χ4n) is 4.00. The van der Waals surface area contributed by atoms with Gasteiger partial charge in [-0.05, 0) is 57.1 Å². The zero-order chi connectivity index (χ0) is 22.3. The van der Waals surface area contributed by atoms with Crippen molar-refractivity contribution in [3.63, 3.8) is 0 Å². The van der Waals surface area contributed by atoms with E-state index in [2.05, 4.69) is 20.3 Å². The lowest BCUT2D eigenvalue weighted by Crippen LogP contribution is -2.43. The van der Waals surface area contributed by atoms with Crippen LogP contribution in [-0.4, -0.2) is 47.2 Å². The first-order valence-corrected chi connectivity index (χ1v) is 12.1. The van der Waals surface area contributed by atoms with E-state index in [0.717, 1.165) is 19.6 Å². The number of guanidine groups is 1. The SMILES string of the molecule is CN=C(NCc1ccccc1S(=O)(=O)NC(C)(C)C)NCC1(CCOC)CCCC1. The van der Waals surface area contributed by atoms with Gasteiger partial charge in [0.05, 0.1) is 4.90 Å². The van der Waals surface area contributed by atoms with Crippen LogP contribution in [0.2, 0.25) is 0 Å². The first-order valence-electron chi connectivity index (χ1n) is 10.7. The number of hydrogen-bond donors (Lipinski definition) is 3. The molecule has 1 fully saturated rings. The molecule has 0 bridgehead atoms. The molecule has 0 atom stereocenters. The number of rotatable bonds is 9. The van der Waals surface area contributed by atoms with Crippen molar-refractivity contribution >= 4 is 16.0 Å². The molecule has 2 rings (SSSR count). The predicted octanol–water partition coefficient (Wildman–Crippen LogP) is 3.03. The Morgan fingerprint density at radius 3 is 2.43 bits per heavy atom. The Hall–Kier alpha value is -1.64. The highest BCUT2D eigenvalue weighted by molar-refractivity contribution is 7.89. The largest absolute Gasteiger partial charge is 0.385 e. The third kappa shape index (κ3) is 7.25. The normalized spacial score (nSPS) is 17.2. The minimum atomic E-state index is -3.61. The molecule has 1 aromatic carbocycles. The van der Waals surface area contributed by atoms with E-state index >= 15 is 0 Å². The minimum Gasteiger partial charge on any atom is -0.385 e. The summed E-state index contributed by atoms with van der Waals surface area (Å²) in [6, 6.07) is 7.06. The second kappa shape index (κ2) is 10.6. The third-order valence-corrected chi connectivity index (χ3v) is 7.36. The third-order valence-electron chi connectivity index (χ3n) is 5.50. The lowest BCUT2D eigenvalue weighted by Gasteiger charge is -2.30. The van der Waals surface area contributed by atoms with Gasteiger partial charge in [0.1, 0.15) is 0 Å². The molecule has 1 aliphatic rings. The molecule has 0 spiro atoms. The van der Waals surface area contributed by atoms with Crippen LogP contribution in [0.4, 0.5) is 0 Å². The zero-order valence-corrected chi connectivity index (χ0v) is 19.9. The molecule has 0 saturated heterocycles. The smallest absolute Gasteiger partial charge is 0.241 e. The van der Waals surface area contributed by atoms with Crippen molar-refractivity contribution in [2.24, 2.45) is 10.4 Å². The molecule has 0 unspecified atom stereocenters. The Bertz CT molecular complexity index is 810. The number of nitrogens with zero attached hydrogens (tertiary/aromatic N) is 1. The van der Waals surface area contributed by atoms with Gasteiger partial charge in [0, 0.05) is 39.4 Å². The van der Waals surface area contributed by atoms with Gasteiger partial charge in [-0.2, -0.15) is 0 Å². The average molecular weight is 439 g/mol. The Morgan fingerprint density at radius 2 is 1.83 bits per heavy atom. The van der Waals surface area contributed by atoms with Gasteiger partial charge in [-0.15, -0.1) is 0 Å². The monoisotopic (exact) mass is 438 g/mol. The number of nitrogens with one attached hydrogen (secondary N) is 3. The highest BCUT2D eigenvalue weighted by Crippen LogP contribution is 2.40. The van der Waals surface area contributed by atoms with Gasteiger partial charge in [-0.1, -0.05) is 31.0 Å². The maximum absolute atomic E-state index is 12.8. The van der Waals surface area contributed by atoms with Crippen LogP contribution in [-0.2, 0) is 21.3 Å². The molecule has 1 aliphatic carbocycles. The second-order valence-corrected chi connectivity index (χ2v) is 10.8. The maximum Gasteiger partial charge on any atom is 0.241 e. The van der Waals surface area contributed by atoms with Crippen LogP contribution < -0.4 is 15.4 Å². The van der Waals surface area contributed by atoms with Crippen LogP contribution in [0.15, 0.2) is 34.2 Å². The first kappa shape index (κ1) is 24.6. The van der Waals surface area contributed by atoms with E-state index in [4.69, 9.17) is 4.74 Å². The molecular weight excluding hydrogens is 400 g/mol. The fourth-order valence-corrected chi connectivity index (χ4v) is 5.66. The standard InChI is InChI=1S/C22H38N4O3S/c1-21(2,3)26-30(27,28)19-11-7-6-10-18(19)16-24-20(23-4)25-17-22(14-15-29-5)12-8-9-13-22/h6-7,10-11,26H,8-9,12-17H2,1-5H3,(H2,23,24,25). The molecule has 1 aromatic rings. The van der Waals surface area contributed by atoms with Crippen LogP contribution in [0.25, 0.3) is 0 Å². The molecule has 30 heavy (non-hydrogen) atoms. The van der Waals surface area contributed by atoms with Crippen molar-refractivity contribution in [3.05, 3.63) is 29.8 Å². The van der Waals surface area contributed by atoms with Gasteiger partial charge in [0.2, 0.25) is 10.0 Å². The van der Waals surface area contributed by atoms with Crippen molar-refractivity contribution in [2.75, 3.05) is 27.3 Å². The van der Waals surface area contributed by atoms with Crippen molar-refractivity contribution in [2.45, 2.75) is 69.9 Å². The van der Waals surface area contributed by atoms with Gasteiger partial charge < -0.3 is 15.4 Å². The fraction of sp³-hybridized carbons (Fsp3) is 0.682. The lowest BCUT2D eigenvalue weighted by molar-refractivity contribution is 0.138. The molecule has 7 nitrogen and oxygen atoms in total. The van der Waals surface area contributed by atoms with E-state index in [0.29, 0.717) is 18.1 Å². The number of benzene rings is 1. The van der Waals surface area contributed by atoms with Crippen LogP contribution in [0.1, 0.15) is 58.4 Å². The second-order valence-electron chi connectivity index (χ2n) is 9.19. The van der Waals surface area contributed by atoms with Crippen molar-refractivity contribution in [1.29, 1.82) is 0 Å². The van der Waals surface area contributed by atoms with Crippen LogP contribution in [0, 0.1) is 5.41 Å². The molecule has 0 aliphatic heterocycles. The molecule has 170 valence electrons. The van der Waals surface area contributed by atoms with Gasteiger partial charge in [-0.25, -0.2) is 13.1 Å². The van der Waals surface area contributed by atoms with Crippen molar-refractivity contribution in [3.8, 4) is 0 Å². The summed E-state index contributed by atoms with van der Waals surface area (Å²) in [5, 5.41) is 6.72. The van der Waals surface area contributed by atoms with Gasteiger partial charge in [-0.3, -0.25) is 4.99 Å². The molecule has 3 N–H and O–H groups in total. The Balaban J connectivity index is 2.04. The molecule has 0 radical (unpaired) electrons. The minimum absolute atomic E-state index is 0.242. The van der Waals surface area contributed by atoms with Crippen molar-refractivity contribution < 1.29 is 13.2 Å². The summed E-state index contributed by atoms with van der Waals surface area (Å²) in [5.74, 6) is 0.676. The Morgan fingerprint density at radius 1 is 1.17 bits per heavy atom. The van der Waals surface area contributed by atoms with Crippen LogP contribution in [0.5, 0.6) is 0 Å². The number of ether oxygens (including phenoxy) is 1. The van der Waals surface area contributed by atoms with E-state index in [1.807, 2.05) is 32.9 Å². The Kier molecular flexibility index (Phi) is 8.70. The summed E-state index contributed by atoms with van der Waals surface area (Å²) in [6.45, 7) is 7.46. The zero-order valence-electron chi connectivity index (χ0n) is 19.0. The van der Waals surface area contributed by atoms with E-state index in [1.54, 1.807) is 26.3 Å². The van der Waals surface area contributed by atoms with E-state index < -0.39 is 15.6 Å². The molecule has 0 heterocycles. The number of methoxy groups -OCH3 is 1. The van der Waals surface area contributed by atoms with Crippen LogP contribution in [0.3, 0.4) is 0 Å². The number of hydrogen-bond acceptors (Lipinski definition) is 4. The molecule has 1 saturated carbocycles. The quantitative estimate of drug-likeness (QED) is 0.407. The summed E-state index contributed by atoms with van der Waals surface area (Å²) < 4.78 is 33.7. The van der Waals surface area contributed by atoms with Crippen LogP contribution >= 0.6 is 0 Å². The lowest BCUT2D eigenvalue weighted by atomic mass is 9.83. The van der Waals surface area contributed by atoms with E-state index in [-0.39, 0.29) is 10.3 Å². The molecule has 8 heteroatoms. The Labute approximate surface area is 182 Å². The first-order chi connectivity index (χ1) is 14.1. The highest BCUT2D eigenvalue weighted by Gasteiger charge is 2.33. The summed E-state index contributed by atoms with van der Waals surface area (Å²) >= 11 is 0. The summed E-state index contributed by atoms with van der Waals surface area (Å²) in [6.07, 6.45) is 5.93. The maximum atomic E-state index is 12.8. The van der Waals surface area contributed by atoms with E-state index in [1.165, 1.54) is 25.7 Å². The summed E-state index contributed by atoms with van der Waals surface area (Å²) in [5.41, 5.74) is 0.396. The van der Waals surface area contributed by atoms with E-state index in [9.17, 15) is 8.42 Å². The molecular formula is C22H38N4O3S. The number of aliphatic imine (C=N–C) groups is 1. The molecule has 0 amide bonds. The number of sulfonamides is 1. The predicted molar refractivity (Wildman–Crippen MR) is 122 cm³/mol. The molecule has 0 aromatic heterocycles. The highest BCUT2D eigenvalue weighted by atomic mass is 32.2.